The molecule has 302 valence electrons. The number of cyclic esters (lactones) is 1. The molecule has 17 atom stereocenters. The fourth-order valence-corrected chi connectivity index (χ4v) is 8.51. The Balaban J connectivity index is 2.16. The number of rotatable bonds is 7. The first-order valence-electron chi connectivity index (χ1n) is 18.9. The van der Waals surface area contributed by atoms with Crippen molar-refractivity contribution in [1.82, 2.24) is 4.90 Å². The lowest BCUT2D eigenvalue weighted by atomic mass is 9.74. The fraction of sp³-hybridized carbons (Fsp3) is 0.921. The summed E-state index contributed by atoms with van der Waals surface area (Å²) in [6.45, 7) is 18.0. The number of amides is 1. The predicted octanol–water partition coefficient (Wildman–Crippen LogP) is 2.73. The van der Waals surface area contributed by atoms with Gasteiger partial charge in [-0.05, 0) is 60.8 Å². The van der Waals surface area contributed by atoms with E-state index in [1.807, 2.05) is 6.92 Å². The van der Waals surface area contributed by atoms with Crippen LogP contribution in [0.3, 0.4) is 0 Å². The molecule has 0 aromatic carbocycles. The number of ether oxygens (including phenoxy) is 6. The highest BCUT2D eigenvalue weighted by Crippen LogP contribution is 2.40. The summed E-state index contributed by atoms with van der Waals surface area (Å²) in [5, 5.41) is 46.2. The number of hydrogen-bond donors (Lipinski definition) is 4. The van der Waals surface area contributed by atoms with Gasteiger partial charge in [0.2, 0.25) is 5.91 Å². The first-order chi connectivity index (χ1) is 23.9. The standard InChI is InChI=1S/C38H67NO13/c1-14-27-38(11,46)32(42)21(4)30(41)19(2)17-36(9,45)34(52-28-16-26(15-20(3)48-28)39(12)25(8)40)22(5)31(23(6)35(44)50-27)51-29-18-37(10,47-13)33(43)24(7)49-29/h19-24,26-29,31-34,42-43,45-46H,14-18H2,1-13H3/t19-,20-,21+,22+,23-,24+,26+,27-,28+,29+,31+,32-,33+,34-,36-,37-,38-/m1/s1. The van der Waals surface area contributed by atoms with Crippen LogP contribution >= 0.6 is 0 Å². The monoisotopic (exact) mass is 745 g/mol. The fourth-order valence-electron chi connectivity index (χ4n) is 8.51. The van der Waals surface area contributed by atoms with Gasteiger partial charge in [-0.2, -0.15) is 0 Å². The van der Waals surface area contributed by atoms with Gasteiger partial charge in [-0.15, -0.1) is 0 Å². The number of aliphatic hydroxyl groups is 4. The molecule has 14 nitrogen and oxygen atoms in total. The number of esters is 1. The molecule has 3 aliphatic heterocycles. The van der Waals surface area contributed by atoms with E-state index in [9.17, 15) is 34.8 Å². The smallest absolute Gasteiger partial charge is 0.311 e. The Morgan fingerprint density at radius 3 is 2.08 bits per heavy atom. The van der Waals surface area contributed by atoms with E-state index >= 15 is 0 Å². The summed E-state index contributed by atoms with van der Waals surface area (Å²) in [5.74, 6) is -4.96. The van der Waals surface area contributed by atoms with Gasteiger partial charge in [-0.25, -0.2) is 0 Å². The van der Waals surface area contributed by atoms with E-state index < -0.39 is 101 Å². The molecular weight excluding hydrogens is 678 g/mol. The minimum absolute atomic E-state index is 0.103. The van der Waals surface area contributed by atoms with E-state index in [2.05, 4.69) is 0 Å². The van der Waals surface area contributed by atoms with E-state index in [1.165, 1.54) is 27.9 Å². The van der Waals surface area contributed by atoms with Crippen molar-refractivity contribution >= 4 is 17.7 Å². The van der Waals surface area contributed by atoms with Crippen molar-refractivity contribution in [3.8, 4) is 0 Å². The number of Topliss-reactive ketones (excluding diaryl/α,β-unsaturated/α-hetero) is 1. The lowest BCUT2D eigenvalue weighted by Crippen LogP contribution is -2.60. The lowest BCUT2D eigenvalue weighted by molar-refractivity contribution is -0.308. The summed E-state index contributed by atoms with van der Waals surface area (Å²) in [6, 6.07) is -0.206. The highest BCUT2D eigenvalue weighted by Gasteiger charge is 2.53. The SMILES string of the molecule is CC[C@H]1OC(=O)[C@H](C)[C@@H](O[C@H]2C[C@@](C)(OC)[C@@H](O)[C@H](C)O2)[C@H](C)[C@@H](O[C@H]2C[C@@H](N(C)C(C)=O)C[C@@H](C)O2)[C@](C)(O)C[C@@H](C)C(=O)[C@H](C)[C@@H](O)[C@]1(C)O. The van der Waals surface area contributed by atoms with Gasteiger partial charge in [-0.1, -0.05) is 27.7 Å². The van der Waals surface area contributed by atoms with Crippen LogP contribution in [0.25, 0.3) is 0 Å². The number of methoxy groups -OCH3 is 1. The maximum absolute atomic E-state index is 14.1. The molecule has 3 rings (SSSR count). The van der Waals surface area contributed by atoms with Crippen LogP contribution in [0.2, 0.25) is 0 Å². The Bertz CT molecular complexity index is 1230. The average molecular weight is 746 g/mol. The molecule has 1 amide bonds. The summed E-state index contributed by atoms with van der Waals surface area (Å²) in [4.78, 5) is 41.9. The lowest BCUT2D eigenvalue weighted by Gasteiger charge is -2.48. The summed E-state index contributed by atoms with van der Waals surface area (Å²) < 4.78 is 37.3. The molecule has 0 aromatic heterocycles. The van der Waals surface area contributed by atoms with Crippen molar-refractivity contribution in [2.45, 2.75) is 186 Å². The molecular formula is C38H67NO13. The molecule has 3 saturated heterocycles. The van der Waals surface area contributed by atoms with E-state index in [1.54, 1.807) is 60.4 Å². The van der Waals surface area contributed by atoms with Crippen LogP contribution in [-0.2, 0) is 42.8 Å². The number of nitrogens with zero attached hydrogens (tertiary/aromatic N) is 1. The molecule has 0 spiro atoms. The van der Waals surface area contributed by atoms with Gasteiger partial charge in [0.15, 0.2) is 12.6 Å². The third-order valence-electron chi connectivity index (χ3n) is 12.1. The normalized spacial score (nSPS) is 47.3. The van der Waals surface area contributed by atoms with Gasteiger partial charge in [0.25, 0.3) is 0 Å². The number of ketones is 1. The van der Waals surface area contributed by atoms with Crippen molar-refractivity contribution in [2.24, 2.45) is 23.7 Å². The first-order valence-corrected chi connectivity index (χ1v) is 18.9. The molecule has 0 aromatic rings. The van der Waals surface area contributed by atoms with E-state index in [4.69, 9.17) is 28.4 Å². The average Bonchev–Trinajstić information content (AvgIpc) is 3.07. The van der Waals surface area contributed by atoms with Crippen molar-refractivity contribution < 1.29 is 63.2 Å². The molecule has 3 heterocycles. The highest BCUT2D eigenvalue weighted by atomic mass is 16.7. The summed E-state index contributed by atoms with van der Waals surface area (Å²) >= 11 is 0. The minimum atomic E-state index is -1.99. The molecule has 0 bridgehead atoms. The number of hydrogen-bond acceptors (Lipinski definition) is 13. The number of aliphatic hydroxyl groups excluding tert-OH is 2. The Morgan fingerprint density at radius 2 is 1.52 bits per heavy atom. The Hall–Kier alpha value is -1.75. The molecule has 0 aliphatic carbocycles. The predicted molar refractivity (Wildman–Crippen MR) is 190 cm³/mol. The molecule has 0 saturated carbocycles. The summed E-state index contributed by atoms with van der Waals surface area (Å²) in [6.07, 6.45) is -7.72. The molecule has 52 heavy (non-hydrogen) atoms. The minimum Gasteiger partial charge on any atom is -0.459 e. The van der Waals surface area contributed by atoms with Gasteiger partial charge < -0.3 is 53.7 Å². The maximum Gasteiger partial charge on any atom is 0.311 e. The second kappa shape index (κ2) is 17.4. The number of carbonyl (C=O) groups is 3. The van der Waals surface area contributed by atoms with Crippen molar-refractivity contribution in [3.05, 3.63) is 0 Å². The van der Waals surface area contributed by atoms with Crippen molar-refractivity contribution in [1.29, 1.82) is 0 Å². The molecule has 14 heteroatoms. The van der Waals surface area contributed by atoms with E-state index in [0.29, 0.717) is 12.8 Å². The third-order valence-corrected chi connectivity index (χ3v) is 12.1. The van der Waals surface area contributed by atoms with Gasteiger partial charge >= 0.3 is 5.97 Å². The summed E-state index contributed by atoms with van der Waals surface area (Å²) in [7, 11) is 3.21. The number of carbonyl (C=O) groups excluding carboxylic acids is 3. The van der Waals surface area contributed by atoms with Gasteiger partial charge in [0, 0.05) is 57.7 Å². The van der Waals surface area contributed by atoms with Crippen molar-refractivity contribution in [2.75, 3.05) is 14.2 Å². The van der Waals surface area contributed by atoms with Crippen LogP contribution in [0, 0.1) is 23.7 Å². The molecule has 0 unspecified atom stereocenters. The zero-order valence-corrected chi connectivity index (χ0v) is 33.5. The van der Waals surface area contributed by atoms with Crippen LogP contribution in [0.4, 0.5) is 0 Å². The third kappa shape index (κ3) is 9.72. The second-order valence-electron chi connectivity index (χ2n) is 16.5. The van der Waals surface area contributed by atoms with E-state index in [-0.39, 0.29) is 37.3 Å². The van der Waals surface area contributed by atoms with Crippen LogP contribution in [0.5, 0.6) is 0 Å². The topological polar surface area (TPSA) is 191 Å². The molecule has 3 fully saturated rings. The molecule has 0 radical (unpaired) electrons. The zero-order valence-electron chi connectivity index (χ0n) is 33.5. The Morgan fingerprint density at radius 1 is 0.904 bits per heavy atom. The van der Waals surface area contributed by atoms with Crippen LogP contribution in [0.1, 0.15) is 108 Å². The van der Waals surface area contributed by atoms with Gasteiger partial charge in [0.05, 0.1) is 47.6 Å². The Labute approximate surface area is 309 Å². The van der Waals surface area contributed by atoms with E-state index in [0.717, 1.165) is 0 Å². The highest BCUT2D eigenvalue weighted by molar-refractivity contribution is 5.83. The maximum atomic E-state index is 14.1. The Kier molecular flexibility index (Phi) is 14.9. The van der Waals surface area contributed by atoms with Gasteiger partial charge in [0.1, 0.15) is 23.6 Å². The zero-order chi connectivity index (χ0) is 39.7. The summed E-state index contributed by atoms with van der Waals surface area (Å²) in [5.41, 5.74) is -4.78. The van der Waals surface area contributed by atoms with Crippen LogP contribution in [0.15, 0.2) is 0 Å². The van der Waals surface area contributed by atoms with Crippen LogP contribution in [-0.4, -0.2) is 135 Å². The van der Waals surface area contributed by atoms with Gasteiger partial charge in [-0.3, -0.25) is 14.4 Å². The first kappa shape index (κ1) is 44.6. The second-order valence-corrected chi connectivity index (χ2v) is 16.5. The van der Waals surface area contributed by atoms with Crippen molar-refractivity contribution in [3.63, 3.8) is 0 Å². The quantitative estimate of drug-likeness (QED) is 0.279. The molecule has 3 aliphatic rings. The molecule has 4 N–H and O–H groups in total. The van der Waals surface area contributed by atoms with Crippen LogP contribution < -0.4 is 0 Å². The largest absolute Gasteiger partial charge is 0.459 e.